The number of rotatable bonds is 0. The van der Waals surface area contributed by atoms with Crippen molar-refractivity contribution in [3.63, 3.8) is 0 Å². The van der Waals surface area contributed by atoms with Crippen LogP contribution in [0.3, 0.4) is 0 Å². The third kappa shape index (κ3) is 3.21. The van der Waals surface area contributed by atoms with Crippen LogP contribution in [0, 0.1) is 0 Å². The van der Waals surface area contributed by atoms with Crippen molar-refractivity contribution in [1.29, 1.82) is 0 Å². The molecule has 1 aliphatic heterocycles. The minimum atomic E-state index is 0.153. The molecule has 0 radical (unpaired) electrons. The molecular weight excluding hydrogens is 256 g/mol. The molecule has 1 aliphatic rings. The van der Waals surface area contributed by atoms with Crippen molar-refractivity contribution in [1.82, 2.24) is 9.47 Å². The minimum Gasteiger partial charge on any atom is -0.343 e. The highest BCUT2D eigenvalue weighted by Gasteiger charge is 2.33. The van der Waals surface area contributed by atoms with Crippen molar-refractivity contribution in [2.45, 2.75) is 91.8 Å². The van der Waals surface area contributed by atoms with Gasteiger partial charge in [-0.2, -0.15) is 0 Å². The Labute approximate surface area is 131 Å². The molecule has 2 rings (SSSR count). The Bertz CT molecular complexity index is 515. The SMILES string of the molecule is CC(C)(C)c1cc2c(n1C(C)(C)C)CCN(C(C)(C)C)C2. The summed E-state index contributed by atoms with van der Waals surface area (Å²) in [6, 6.07) is 2.47. The van der Waals surface area contributed by atoms with Gasteiger partial charge in [0.25, 0.3) is 0 Å². The van der Waals surface area contributed by atoms with E-state index in [2.05, 4.69) is 77.8 Å². The Kier molecular flexibility index (Phi) is 3.85. The van der Waals surface area contributed by atoms with E-state index in [1.165, 1.54) is 24.2 Å². The first-order valence-electron chi connectivity index (χ1n) is 8.31. The standard InChI is InChI=1S/C19H34N2/c1-17(2,3)16-12-14-13-20(18(4,5)6)11-10-15(14)21(16)19(7,8)9/h12H,10-11,13H2,1-9H3. The van der Waals surface area contributed by atoms with Crippen LogP contribution in [0.15, 0.2) is 6.07 Å². The summed E-state index contributed by atoms with van der Waals surface area (Å²) in [5, 5.41) is 0. The largest absolute Gasteiger partial charge is 0.343 e. The van der Waals surface area contributed by atoms with Crippen LogP contribution in [0.5, 0.6) is 0 Å². The first kappa shape index (κ1) is 16.6. The Morgan fingerprint density at radius 2 is 1.43 bits per heavy atom. The van der Waals surface area contributed by atoms with Gasteiger partial charge in [-0.3, -0.25) is 4.90 Å². The second-order valence-corrected chi connectivity index (χ2v) is 9.60. The van der Waals surface area contributed by atoms with Crippen LogP contribution in [-0.2, 0) is 23.9 Å². The van der Waals surface area contributed by atoms with E-state index in [1.807, 2.05) is 0 Å². The second-order valence-electron chi connectivity index (χ2n) is 9.60. The van der Waals surface area contributed by atoms with Gasteiger partial charge in [-0.1, -0.05) is 20.8 Å². The van der Waals surface area contributed by atoms with Crippen molar-refractivity contribution in [3.05, 3.63) is 23.0 Å². The average molecular weight is 290 g/mol. The third-order valence-electron chi connectivity index (χ3n) is 4.56. The normalized spacial score (nSPS) is 18.0. The number of fused-ring (bicyclic) bond motifs is 1. The van der Waals surface area contributed by atoms with Gasteiger partial charge in [0.1, 0.15) is 0 Å². The van der Waals surface area contributed by atoms with Crippen LogP contribution in [0.25, 0.3) is 0 Å². The van der Waals surface area contributed by atoms with E-state index in [9.17, 15) is 0 Å². The molecule has 21 heavy (non-hydrogen) atoms. The van der Waals surface area contributed by atoms with Gasteiger partial charge in [-0.05, 0) is 53.2 Å². The monoisotopic (exact) mass is 290 g/mol. The molecule has 0 spiro atoms. The maximum Gasteiger partial charge on any atom is 0.0361 e. The summed E-state index contributed by atoms with van der Waals surface area (Å²) in [6.45, 7) is 23.2. The van der Waals surface area contributed by atoms with Crippen molar-refractivity contribution >= 4 is 0 Å². The summed E-state index contributed by atoms with van der Waals surface area (Å²) in [7, 11) is 0. The highest BCUT2D eigenvalue weighted by Crippen LogP contribution is 2.36. The molecule has 0 aliphatic carbocycles. The molecule has 0 bridgehead atoms. The molecule has 120 valence electrons. The van der Waals surface area contributed by atoms with E-state index in [-0.39, 0.29) is 16.5 Å². The molecule has 0 saturated carbocycles. The molecule has 0 aromatic carbocycles. The lowest BCUT2D eigenvalue weighted by Gasteiger charge is -2.40. The fourth-order valence-corrected chi connectivity index (χ4v) is 3.43. The van der Waals surface area contributed by atoms with Crippen molar-refractivity contribution in [3.8, 4) is 0 Å². The predicted molar refractivity (Wildman–Crippen MR) is 92.0 cm³/mol. The Hall–Kier alpha value is -0.760. The molecule has 0 amide bonds. The predicted octanol–water partition coefficient (Wildman–Crippen LogP) is 4.70. The number of hydrogen-bond acceptors (Lipinski definition) is 1. The molecule has 2 heterocycles. The van der Waals surface area contributed by atoms with Gasteiger partial charge >= 0.3 is 0 Å². The zero-order valence-corrected chi connectivity index (χ0v) is 15.6. The van der Waals surface area contributed by atoms with Gasteiger partial charge in [-0.25, -0.2) is 0 Å². The lowest BCUT2D eigenvalue weighted by atomic mass is 9.90. The van der Waals surface area contributed by atoms with Crippen LogP contribution in [0.1, 0.15) is 79.3 Å². The van der Waals surface area contributed by atoms with E-state index >= 15 is 0 Å². The number of nitrogens with zero attached hydrogens (tertiary/aromatic N) is 2. The highest BCUT2D eigenvalue weighted by atomic mass is 15.2. The lowest BCUT2D eigenvalue weighted by Crippen LogP contribution is -2.44. The second kappa shape index (κ2) is 4.87. The number of aromatic nitrogens is 1. The minimum absolute atomic E-state index is 0.153. The molecule has 0 fully saturated rings. The Morgan fingerprint density at radius 3 is 1.86 bits per heavy atom. The molecule has 0 saturated heterocycles. The van der Waals surface area contributed by atoms with Gasteiger partial charge in [0, 0.05) is 47.4 Å². The molecule has 0 unspecified atom stereocenters. The quantitative estimate of drug-likeness (QED) is 0.672. The first-order chi connectivity index (χ1) is 9.32. The molecular formula is C19H34N2. The molecule has 2 nitrogen and oxygen atoms in total. The van der Waals surface area contributed by atoms with Crippen LogP contribution >= 0.6 is 0 Å². The zero-order chi connectivity index (χ0) is 16.2. The topological polar surface area (TPSA) is 8.17 Å². The zero-order valence-electron chi connectivity index (χ0n) is 15.6. The molecule has 0 N–H and O–H groups in total. The summed E-state index contributed by atoms with van der Waals surface area (Å²) in [5.41, 5.74) is 5.18. The number of hydrogen-bond donors (Lipinski definition) is 0. The summed E-state index contributed by atoms with van der Waals surface area (Å²) in [6.07, 6.45) is 1.17. The molecule has 2 heteroatoms. The molecule has 1 aromatic rings. The lowest BCUT2D eigenvalue weighted by molar-refractivity contribution is 0.118. The van der Waals surface area contributed by atoms with Gasteiger partial charge in [-0.15, -0.1) is 0 Å². The smallest absolute Gasteiger partial charge is 0.0361 e. The van der Waals surface area contributed by atoms with Gasteiger partial charge in [0.2, 0.25) is 0 Å². The van der Waals surface area contributed by atoms with E-state index in [0.717, 1.165) is 6.54 Å². The van der Waals surface area contributed by atoms with E-state index in [0.29, 0.717) is 0 Å². The third-order valence-corrected chi connectivity index (χ3v) is 4.56. The maximum absolute atomic E-state index is 2.61. The van der Waals surface area contributed by atoms with Crippen LogP contribution in [-0.4, -0.2) is 21.6 Å². The van der Waals surface area contributed by atoms with Crippen LogP contribution < -0.4 is 0 Å². The Morgan fingerprint density at radius 1 is 0.857 bits per heavy atom. The Balaban J connectivity index is 2.53. The van der Waals surface area contributed by atoms with Gasteiger partial charge in [0.15, 0.2) is 0 Å². The fraction of sp³-hybridized carbons (Fsp3) is 0.789. The van der Waals surface area contributed by atoms with Crippen LogP contribution in [0.2, 0.25) is 0 Å². The van der Waals surface area contributed by atoms with Crippen molar-refractivity contribution in [2.24, 2.45) is 0 Å². The highest BCUT2D eigenvalue weighted by molar-refractivity contribution is 5.35. The average Bonchev–Trinajstić information content (AvgIpc) is 2.64. The fourth-order valence-electron chi connectivity index (χ4n) is 3.43. The summed E-state index contributed by atoms with van der Waals surface area (Å²) in [5.74, 6) is 0. The summed E-state index contributed by atoms with van der Waals surface area (Å²) >= 11 is 0. The van der Waals surface area contributed by atoms with E-state index < -0.39 is 0 Å². The summed E-state index contributed by atoms with van der Waals surface area (Å²) < 4.78 is 2.61. The molecule has 1 aromatic heterocycles. The molecule has 0 atom stereocenters. The van der Waals surface area contributed by atoms with E-state index in [1.54, 1.807) is 5.69 Å². The van der Waals surface area contributed by atoms with Crippen molar-refractivity contribution in [2.75, 3.05) is 6.54 Å². The first-order valence-corrected chi connectivity index (χ1v) is 8.31. The van der Waals surface area contributed by atoms with Crippen LogP contribution in [0.4, 0.5) is 0 Å². The maximum atomic E-state index is 2.61. The van der Waals surface area contributed by atoms with E-state index in [4.69, 9.17) is 0 Å². The van der Waals surface area contributed by atoms with Gasteiger partial charge < -0.3 is 4.57 Å². The van der Waals surface area contributed by atoms with Crippen molar-refractivity contribution < 1.29 is 0 Å². The summed E-state index contributed by atoms with van der Waals surface area (Å²) in [4.78, 5) is 2.61. The van der Waals surface area contributed by atoms with Gasteiger partial charge in [0.05, 0.1) is 0 Å².